The van der Waals surface area contributed by atoms with Gasteiger partial charge in [-0.15, -0.1) is 11.8 Å². The highest BCUT2D eigenvalue weighted by molar-refractivity contribution is 7.99. The lowest BCUT2D eigenvalue weighted by atomic mass is 9.88. The number of likely N-dealkylation sites (tertiary alicyclic amines) is 1. The number of thioether (sulfide) groups is 1. The molecule has 0 bridgehead atoms. The SMILES string of the molecule is Oc1ccc2c(c1)SCCC(c1ccc3[nH]ccc3c1)=C2c1ccc(O[C@H]2CCN(CCCF)C2)cc1. The van der Waals surface area contributed by atoms with Crippen LogP contribution in [0.2, 0.25) is 0 Å². The number of hydrogen-bond donors (Lipinski definition) is 2. The Morgan fingerprint density at radius 2 is 1.89 bits per heavy atom. The molecule has 0 aliphatic carbocycles. The summed E-state index contributed by atoms with van der Waals surface area (Å²) in [5.74, 6) is 2.11. The molecule has 1 saturated heterocycles. The summed E-state index contributed by atoms with van der Waals surface area (Å²) in [7, 11) is 0. The van der Waals surface area contributed by atoms with Crippen LogP contribution in [0.1, 0.15) is 36.0 Å². The Morgan fingerprint density at radius 3 is 2.76 bits per heavy atom. The van der Waals surface area contributed by atoms with Gasteiger partial charge >= 0.3 is 0 Å². The van der Waals surface area contributed by atoms with E-state index in [2.05, 4.69) is 58.4 Å². The molecule has 6 heteroatoms. The van der Waals surface area contributed by atoms with E-state index in [1.165, 1.54) is 22.1 Å². The van der Waals surface area contributed by atoms with E-state index in [0.29, 0.717) is 12.2 Å². The van der Waals surface area contributed by atoms with Gasteiger partial charge in [-0.05, 0) is 101 Å². The van der Waals surface area contributed by atoms with Crippen molar-refractivity contribution in [2.45, 2.75) is 30.3 Å². The van der Waals surface area contributed by atoms with Gasteiger partial charge < -0.3 is 14.8 Å². The molecule has 2 aliphatic heterocycles. The van der Waals surface area contributed by atoms with Gasteiger partial charge in [0.15, 0.2) is 0 Å². The normalized spacial score (nSPS) is 18.2. The molecule has 4 nitrogen and oxygen atoms in total. The predicted molar refractivity (Wildman–Crippen MR) is 150 cm³/mol. The molecular formula is C31H31FN2O2S. The average molecular weight is 515 g/mol. The van der Waals surface area contributed by atoms with Crippen molar-refractivity contribution in [2.24, 2.45) is 0 Å². The van der Waals surface area contributed by atoms with Crippen molar-refractivity contribution in [1.29, 1.82) is 0 Å². The van der Waals surface area contributed by atoms with Crippen LogP contribution in [0.3, 0.4) is 0 Å². The van der Waals surface area contributed by atoms with Crippen LogP contribution < -0.4 is 4.74 Å². The highest BCUT2D eigenvalue weighted by Crippen LogP contribution is 2.44. The molecule has 0 saturated carbocycles. The third kappa shape index (κ3) is 5.13. The molecule has 1 atom stereocenters. The minimum Gasteiger partial charge on any atom is -0.508 e. The van der Waals surface area contributed by atoms with E-state index >= 15 is 0 Å². The van der Waals surface area contributed by atoms with E-state index in [0.717, 1.165) is 65.5 Å². The number of phenolic OH excluding ortho intramolecular Hbond substituents is 1. The van der Waals surface area contributed by atoms with Crippen LogP contribution in [0.25, 0.3) is 22.0 Å². The third-order valence-electron chi connectivity index (χ3n) is 7.33. The van der Waals surface area contributed by atoms with Crippen LogP contribution in [-0.4, -0.2) is 53.2 Å². The van der Waals surface area contributed by atoms with Crippen molar-refractivity contribution >= 4 is 33.8 Å². The fraction of sp³-hybridized carbons (Fsp3) is 0.290. The summed E-state index contributed by atoms with van der Waals surface area (Å²) in [5, 5.41) is 11.4. The second-order valence-electron chi connectivity index (χ2n) is 9.81. The van der Waals surface area contributed by atoms with E-state index in [1.54, 1.807) is 17.8 Å². The van der Waals surface area contributed by atoms with E-state index in [-0.39, 0.29) is 12.8 Å². The maximum absolute atomic E-state index is 12.5. The zero-order chi connectivity index (χ0) is 25.2. The first-order valence-electron chi connectivity index (χ1n) is 13.0. The van der Waals surface area contributed by atoms with Gasteiger partial charge in [0.1, 0.15) is 17.6 Å². The van der Waals surface area contributed by atoms with Crippen LogP contribution in [0, 0.1) is 0 Å². The van der Waals surface area contributed by atoms with Crippen molar-refractivity contribution in [3.63, 3.8) is 0 Å². The summed E-state index contributed by atoms with van der Waals surface area (Å²) in [6.45, 7) is 2.36. The molecule has 2 aliphatic rings. The van der Waals surface area contributed by atoms with E-state index < -0.39 is 0 Å². The standard InChI is InChI=1S/C31H31FN2O2S/c32-13-1-15-34-16-11-26(20-34)36-25-6-2-21(3-7-25)31-27(22-4-9-29-23(18-22)10-14-33-29)12-17-37-30-19-24(35)5-8-28(30)31/h2-10,14,18-19,26,33,35H,1,11-13,15-17,20H2/t26-/m0/s1. The maximum Gasteiger partial charge on any atom is 0.119 e. The number of benzene rings is 3. The summed E-state index contributed by atoms with van der Waals surface area (Å²) in [5.41, 5.74) is 7.17. The summed E-state index contributed by atoms with van der Waals surface area (Å²) in [6.07, 6.45) is 4.62. The second kappa shape index (κ2) is 10.6. The van der Waals surface area contributed by atoms with Gasteiger partial charge in [-0.25, -0.2) is 0 Å². The van der Waals surface area contributed by atoms with Gasteiger partial charge in [-0.1, -0.05) is 18.2 Å². The highest BCUT2D eigenvalue weighted by atomic mass is 32.2. The van der Waals surface area contributed by atoms with Crippen molar-refractivity contribution in [3.8, 4) is 11.5 Å². The molecule has 1 aromatic heterocycles. The molecule has 3 heterocycles. The Morgan fingerprint density at radius 1 is 1.03 bits per heavy atom. The Kier molecular flexibility index (Phi) is 6.94. The first kappa shape index (κ1) is 24.1. The number of aromatic amines is 1. The maximum atomic E-state index is 12.5. The zero-order valence-corrected chi connectivity index (χ0v) is 21.6. The van der Waals surface area contributed by atoms with Gasteiger partial charge in [0.2, 0.25) is 0 Å². The number of nitrogens with one attached hydrogen (secondary N) is 1. The number of H-pyrrole nitrogens is 1. The van der Waals surface area contributed by atoms with Crippen molar-refractivity contribution in [2.75, 3.05) is 32.1 Å². The first-order valence-corrected chi connectivity index (χ1v) is 14.0. The molecule has 190 valence electrons. The number of nitrogens with zero attached hydrogens (tertiary/aromatic N) is 1. The Balaban J connectivity index is 1.35. The Bertz CT molecular complexity index is 1430. The summed E-state index contributed by atoms with van der Waals surface area (Å²) >= 11 is 1.80. The van der Waals surface area contributed by atoms with Gasteiger partial charge in [-0.2, -0.15) is 0 Å². The highest BCUT2D eigenvalue weighted by Gasteiger charge is 2.24. The number of alkyl halides is 1. The van der Waals surface area contributed by atoms with Crippen molar-refractivity contribution < 1.29 is 14.2 Å². The fourth-order valence-electron chi connectivity index (χ4n) is 5.52. The van der Waals surface area contributed by atoms with Crippen LogP contribution in [0.5, 0.6) is 11.5 Å². The molecule has 4 aromatic rings. The van der Waals surface area contributed by atoms with Gasteiger partial charge in [0, 0.05) is 42.0 Å². The molecule has 0 radical (unpaired) electrons. The summed E-state index contributed by atoms with van der Waals surface area (Å²) in [6, 6.07) is 22.9. The van der Waals surface area contributed by atoms with E-state index in [4.69, 9.17) is 4.74 Å². The Labute approximate surface area is 221 Å². The smallest absolute Gasteiger partial charge is 0.119 e. The van der Waals surface area contributed by atoms with Gasteiger partial charge in [0.25, 0.3) is 0 Å². The number of fused-ring (bicyclic) bond motifs is 2. The molecule has 6 rings (SSSR count). The summed E-state index contributed by atoms with van der Waals surface area (Å²) < 4.78 is 18.8. The molecule has 1 fully saturated rings. The number of rotatable bonds is 7. The number of aromatic hydroxyl groups is 1. The monoisotopic (exact) mass is 514 g/mol. The van der Waals surface area contributed by atoms with Gasteiger partial charge in [0.05, 0.1) is 6.67 Å². The lowest BCUT2D eigenvalue weighted by Crippen LogP contribution is -2.26. The number of phenols is 1. The molecule has 3 aromatic carbocycles. The van der Waals surface area contributed by atoms with Crippen LogP contribution in [-0.2, 0) is 0 Å². The number of allylic oxidation sites excluding steroid dienone is 1. The van der Waals surface area contributed by atoms with Crippen molar-refractivity contribution in [1.82, 2.24) is 9.88 Å². The molecule has 0 spiro atoms. The van der Waals surface area contributed by atoms with E-state index in [9.17, 15) is 9.50 Å². The van der Waals surface area contributed by atoms with Crippen LogP contribution in [0.4, 0.5) is 4.39 Å². The number of halogens is 1. The largest absolute Gasteiger partial charge is 0.508 e. The minimum absolute atomic E-state index is 0.145. The molecular weight excluding hydrogens is 483 g/mol. The summed E-state index contributed by atoms with van der Waals surface area (Å²) in [4.78, 5) is 6.68. The Hall–Kier alpha value is -3.22. The fourth-order valence-corrected chi connectivity index (χ4v) is 6.58. The quantitative estimate of drug-likeness (QED) is 0.275. The van der Waals surface area contributed by atoms with Gasteiger partial charge in [-0.3, -0.25) is 9.29 Å². The lowest BCUT2D eigenvalue weighted by molar-refractivity contribution is 0.198. The topological polar surface area (TPSA) is 48.5 Å². The molecule has 37 heavy (non-hydrogen) atoms. The number of ether oxygens (including phenoxy) is 1. The minimum atomic E-state index is -0.262. The zero-order valence-electron chi connectivity index (χ0n) is 20.8. The average Bonchev–Trinajstić information content (AvgIpc) is 3.53. The number of hydrogen-bond acceptors (Lipinski definition) is 4. The molecule has 0 amide bonds. The molecule has 0 unspecified atom stereocenters. The lowest BCUT2D eigenvalue weighted by Gasteiger charge is -2.18. The van der Waals surface area contributed by atoms with Crippen molar-refractivity contribution in [3.05, 3.63) is 89.6 Å². The van der Waals surface area contributed by atoms with E-state index in [1.807, 2.05) is 18.3 Å². The van der Waals surface area contributed by atoms with Crippen LogP contribution >= 0.6 is 11.8 Å². The first-order chi connectivity index (χ1) is 18.2. The second-order valence-corrected chi connectivity index (χ2v) is 10.9. The van der Waals surface area contributed by atoms with Crippen LogP contribution in [0.15, 0.2) is 77.8 Å². The third-order valence-corrected chi connectivity index (χ3v) is 8.39. The molecule has 2 N–H and O–H groups in total. The number of aromatic nitrogens is 1. The predicted octanol–water partition coefficient (Wildman–Crippen LogP) is 7.14.